The van der Waals surface area contributed by atoms with Crippen molar-refractivity contribution < 1.29 is 14.7 Å². The SMILES string of the molecule is CCCN(C=O)C(C(=O)O)C(C)c1ccccc1. The smallest absolute Gasteiger partial charge is 0.327 e. The van der Waals surface area contributed by atoms with Crippen molar-refractivity contribution in [3.05, 3.63) is 35.9 Å². The molecule has 0 spiro atoms. The Morgan fingerprint density at radius 1 is 1.39 bits per heavy atom. The quantitative estimate of drug-likeness (QED) is 0.753. The van der Waals surface area contributed by atoms with Crippen LogP contribution >= 0.6 is 0 Å². The molecule has 4 nitrogen and oxygen atoms in total. The Balaban J connectivity index is 2.97. The second-order valence-electron chi connectivity index (χ2n) is 4.33. The summed E-state index contributed by atoms with van der Waals surface area (Å²) in [6.07, 6.45) is 1.37. The van der Waals surface area contributed by atoms with Gasteiger partial charge in [0, 0.05) is 12.5 Å². The van der Waals surface area contributed by atoms with Crippen molar-refractivity contribution in [2.75, 3.05) is 6.54 Å². The number of carbonyl (C=O) groups is 2. The second-order valence-corrected chi connectivity index (χ2v) is 4.33. The Kier molecular flexibility index (Phi) is 5.36. The summed E-state index contributed by atoms with van der Waals surface area (Å²) in [4.78, 5) is 23.8. The highest BCUT2D eigenvalue weighted by Gasteiger charge is 2.30. The number of rotatable bonds is 7. The van der Waals surface area contributed by atoms with Crippen LogP contribution in [0.3, 0.4) is 0 Å². The molecule has 1 rings (SSSR count). The minimum atomic E-state index is -0.966. The summed E-state index contributed by atoms with van der Waals surface area (Å²) in [6.45, 7) is 4.21. The Morgan fingerprint density at radius 3 is 2.44 bits per heavy atom. The summed E-state index contributed by atoms with van der Waals surface area (Å²) in [6, 6.07) is 8.58. The minimum Gasteiger partial charge on any atom is -0.480 e. The van der Waals surface area contributed by atoms with E-state index in [1.807, 2.05) is 44.2 Å². The fourth-order valence-corrected chi connectivity index (χ4v) is 2.10. The fraction of sp³-hybridized carbons (Fsp3) is 0.429. The monoisotopic (exact) mass is 249 g/mol. The van der Waals surface area contributed by atoms with Crippen molar-refractivity contribution in [3.8, 4) is 0 Å². The van der Waals surface area contributed by atoms with E-state index in [1.165, 1.54) is 4.90 Å². The van der Waals surface area contributed by atoms with E-state index < -0.39 is 12.0 Å². The van der Waals surface area contributed by atoms with Crippen LogP contribution in [-0.4, -0.2) is 35.0 Å². The summed E-state index contributed by atoms with van der Waals surface area (Å²) in [5.41, 5.74) is 0.924. The van der Waals surface area contributed by atoms with Gasteiger partial charge in [-0.1, -0.05) is 44.2 Å². The van der Waals surface area contributed by atoms with E-state index >= 15 is 0 Å². The Labute approximate surface area is 107 Å². The molecule has 0 aliphatic carbocycles. The average Bonchev–Trinajstić information content (AvgIpc) is 2.38. The number of amides is 1. The molecule has 2 unspecified atom stereocenters. The Morgan fingerprint density at radius 2 is 2.00 bits per heavy atom. The molecule has 0 saturated carbocycles. The summed E-state index contributed by atoms with van der Waals surface area (Å²) in [5, 5.41) is 9.33. The zero-order valence-corrected chi connectivity index (χ0v) is 10.7. The van der Waals surface area contributed by atoms with Gasteiger partial charge in [-0.15, -0.1) is 0 Å². The van der Waals surface area contributed by atoms with Crippen LogP contribution in [0.5, 0.6) is 0 Å². The predicted molar refractivity (Wildman–Crippen MR) is 69.3 cm³/mol. The third-order valence-electron chi connectivity index (χ3n) is 3.03. The molecular formula is C14H19NO3. The molecule has 0 aliphatic rings. The van der Waals surface area contributed by atoms with E-state index in [-0.39, 0.29) is 5.92 Å². The molecule has 0 heterocycles. The van der Waals surface area contributed by atoms with Gasteiger partial charge in [-0.05, 0) is 12.0 Å². The highest BCUT2D eigenvalue weighted by molar-refractivity contribution is 5.77. The lowest BCUT2D eigenvalue weighted by molar-refractivity contribution is -0.147. The maximum Gasteiger partial charge on any atom is 0.327 e. The predicted octanol–water partition coefficient (Wildman–Crippen LogP) is 2.11. The standard InChI is InChI=1S/C14H19NO3/c1-3-9-15(10-16)13(14(17)18)11(2)12-7-5-4-6-8-12/h4-8,10-11,13H,3,9H2,1-2H3,(H,17,18). The number of benzene rings is 1. The van der Waals surface area contributed by atoms with Gasteiger partial charge in [-0.2, -0.15) is 0 Å². The van der Waals surface area contributed by atoms with E-state index in [1.54, 1.807) is 0 Å². The van der Waals surface area contributed by atoms with Crippen LogP contribution in [0.25, 0.3) is 0 Å². The molecular weight excluding hydrogens is 230 g/mol. The van der Waals surface area contributed by atoms with E-state index in [0.717, 1.165) is 12.0 Å². The molecule has 0 aliphatic heterocycles. The number of hydrogen-bond donors (Lipinski definition) is 1. The van der Waals surface area contributed by atoms with E-state index in [4.69, 9.17) is 0 Å². The van der Waals surface area contributed by atoms with Crippen LogP contribution in [0.2, 0.25) is 0 Å². The number of carboxylic acid groups (broad SMARTS) is 1. The Hall–Kier alpha value is -1.84. The molecule has 98 valence electrons. The van der Waals surface area contributed by atoms with Crippen LogP contribution in [0.1, 0.15) is 31.7 Å². The lowest BCUT2D eigenvalue weighted by Gasteiger charge is -2.29. The molecule has 1 amide bonds. The van der Waals surface area contributed by atoms with Gasteiger partial charge in [-0.3, -0.25) is 4.79 Å². The molecule has 4 heteroatoms. The molecule has 1 N–H and O–H groups in total. The first-order valence-electron chi connectivity index (χ1n) is 6.10. The van der Waals surface area contributed by atoms with Crippen molar-refractivity contribution in [2.24, 2.45) is 0 Å². The number of nitrogens with zero attached hydrogens (tertiary/aromatic N) is 1. The van der Waals surface area contributed by atoms with Crippen molar-refractivity contribution in [1.29, 1.82) is 0 Å². The summed E-state index contributed by atoms with van der Waals surface area (Å²) in [7, 11) is 0. The number of hydrogen-bond acceptors (Lipinski definition) is 2. The molecule has 0 fully saturated rings. The normalized spacial score (nSPS) is 13.7. The summed E-state index contributed by atoms with van der Waals surface area (Å²) >= 11 is 0. The van der Waals surface area contributed by atoms with Gasteiger partial charge in [0.05, 0.1) is 0 Å². The number of carbonyl (C=O) groups excluding carboxylic acids is 1. The molecule has 0 radical (unpaired) electrons. The van der Waals surface area contributed by atoms with Gasteiger partial charge < -0.3 is 10.0 Å². The highest BCUT2D eigenvalue weighted by Crippen LogP contribution is 2.22. The second kappa shape index (κ2) is 6.79. The van der Waals surface area contributed by atoms with E-state index in [9.17, 15) is 14.7 Å². The van der Waals surface area contributed by atoms with Crippen LogP contribution in [0.4, 0.5) is 0 Å². The van der Waals surface area contributed by atoms with Crippen LogP contribution in [-0.2, 0) is 9.59 Å². The first-order valence-corrected chi connectivity index (χ1v) is 6.10. The van der Waals surface area contributed by atoms with Gasteiger partial charge in [0.15, 0.2) is 0 Å². The van der Waals surface area contributed by atoms with Crippen molar-refractivity contribution in [2.45, 2.75) is 32.2 Å². The lowest BCUT2D eigenvalue weighted by atomic mass is 9.92. The summed E-state index contributed by atoms with van der Waals surface area (Å²) < 4.78 is 0. The van der Waals surface area contributed by atoms with Gasteiger partial charge in [-0.25, -0.2) is 4.79 Å². The van der Waals surface area contributed by atoms with Gasteiger partial charge in [0.2, 0.25) is 6.41 Å². The van der Waals surface area contributed by atoms with Crippen LogP contribution < -0.4 is 0 Å². The van der Waals surface area contributed by atoms with Crippen molar-refractivity contribution in [1.82, 2.24) is 4.90 Å². The Bertz CT molecular complexity index is 391. The maximum absolute atomic E-state index is 11.4. The minimum absolute atomic E-state index is 0.236. The van der Waals surface area contributed by atoms with Crippen molar-refractivity contribution in [3.63, 3.8) is 0 Å². The topological polar surface area (TPSA) is 57.6 Å². The molecule has 1 aromatic rings. The average molecular weight is 249 g/mol. The first-order chi connectivity index (χ1) is 8.61. The van der Waals surface area contributed by atoms with E-state index in [0.29, 0.717) is 13.0 Å². The molecule has 2 atom stereocenters. The zero-order chi connectivity index (χ0) is 13.5. The van der Waals surface area contributed by atoms with Gasteiger partial charge in [0.1, 0.15) is 6.04 Å². The number of carboxylic acids is 1. The molecule has 1 aromatic carbocycles. The third-order valence-corrected chi connectivity index (χ3v) is 3.03. The zero-order valence-electron chi connectivity index (χ0n) is 10.7. The molecule has 0 aromatic heterocycles. The van der Waals surface area contributed by atoms with Gasteiger partial charge >= 0.3 is 5.97 Å². The largest absolute Gasteiger partial charge is 0.480 e. The molecule has 0 saturated heterocycles. The third kappa shape index (κ3) is 3.32. The van der Waals surface area contributed by atoms with Gasteiger partial charge in [0.25, 0.3) is 0 Å². The van der Waals surface area contributed by atoms with E-state index in [2.05, 4.69) is 0 Å². The first kappa shape index (κ1) is 14.2. The molecule has 18 heavy (non-hydrogen) atoms. The van der Waals surface area contributed by atoms with Crippen LogP contribution in [0.15, 0.2) is 30.3 Å². The number of aliphatic carboxylic acids is 1. The van der Waals surface area contributed by atoms with Crippen molar-refractivity contribution >= 4 is 12.4 Å². The highest BCUT2D eigenvalue weighted by atomic mass is 16.4. The summed E-state index contributed by atoms with van der Waals surface area (Å²) in [5.74, 6) is -1.20. The molecule has 0 bridgehead atoms. The lowest BCUT2D eigenvalue weighted by Crippen LogP contribution is -2.44. The maximum atomic E-state index is 11.4. The van der Waals surface area contributed by atoms with Crippen LogP contribution in [0, 0.1) is 0 Å². The fourth-order valence-electron chi connectivity index (χ4n) is 2.10.